The fraction of sp³-hybridized carbons (Fsp3) is 0.0455. The summed E-state index contributed by atoms with van der Waals surface area (Å²) >= 11 is 0. The van der Waals surface area contributed by atoms with Gasteiger partial charge in [-0.2, -0.15) is 0 Å². The van der Waals surface area contributed by atoms with Crippen molar-refractivity contribution in [2.45, 2.75) is 6.61 Å². The van der Waals surface area contributed by atoms with E-state index in [9.17, 15) is 0 Å². The van der Waals surface area contributed by atoms with Crippen LogP contribution in [0.15, 0.2) is 95.5 Å². The van der Waals surface area contributed by atoms with E-state index >= 15 is 0 Å². The van der Waals surface area contributed by atoms with Gasteiger partial charge in [0.25, 0.3) is 0 Å². The molecule has 122 valence electrons. The second-order valence-electron chi connectivity index (χ2n) is 5.71. The summed E-state index contributed by atoms with van der Waals surface area (Å²) in [4.78, 5) is 0. The largest absolute Gasteiger partial charge is 0.488 e. The topological polar surface area (TPSA) is 35.3 Å². The van der Waals surface area contributed by atoms with E-state index in [1.54, 1.807) is 0 Å². The quantitative estimate of drug-likeness (QED) is 0.479. The van der Waals surface area contributed by atoms with E-state index in [0.29, 0.717) is 6.61 Å². The average molecular weight is 327 g/mol. The van der Waals surface area contributed by atoms with Crippen LogP contribution in [0.25, 0.3) is 22.6 Å². The van der Waals surface area contributed by atoms with Gasteiger partial charge in [-0.25, -0.2) is 0 Å². The molecule has 0 aliphatic rings. The van der Waals surface area contributed by atoms with Crippen molar-refractivity contribution in [3.8, 4) is 28.3 Å². The van der Waals surface area contributed by atoms with Crippen molar-refractivity contribution in [2.24, 2.45) is 0 Å². The van der Waals surface area contributed by atoms with Crippen molar-refractivity contribution in [2.75, 3.05) is 0 Å². The Labute approximate surface area is 146 Å². The van der Waals surface area contributed by atoms with Crippen molar-refractivity contribution in [3.05, 3.63) is 96.6 Å². The van der Waals surface area contributed by atoms with Gasteiger partial charge in [-0.1, -0.05) is 78.0 Å². The van der Waals surface area contributed by atoms with Crippen LogP contribution >= 0.6 is 0 Å². The van der Waals surface area contributed by atoms with Crippen molar-refractivity contribution < 1.29 is 9.26 Å². The van der Waals surface area contributed by atoms with E-state index in [1.807, 2.05) is 91.0 Å². The van der Waals surface area contributed by atoms with E-state index in [2.05, 4.69) is 5.16 Å². The number of rotatable bonds is 5. The third-order valence-corrected chi connectivity index (χ3v) is 3.97. The van der Waals surface area contributed by atoms with Gasteiger partial charge in [-0.3, -0.25) is 0 Å². The lowest BCUT2D eigenvalue weighted by Crippen LogP contribution is -1.96. The number of aromatic nitrogens is 1. The van der Waals surface area contributed by atoms with Crippen LogP contribution in [0.4, 0.5) is 0 Å². The Hall–Kier alpha value is -3.33. The van der Waals surface area contributed by atoms with Crippen molar-refractivity contribution in [1.82, 2.24) is 5.16 Å². The molecular weight excluding hydrogens is 310 g/mol. The zero-order valence-corrected chi connectivity index (χ0v) is 13.6. The normalized spacial score (nSPS) is 10.6. The Morgan fingerprint density at radius 3 is 2.24 bits per heavy atom. The first-order chi connectivity index (χ1) is 12.4. The summed E-state index contributed by atoms with van der Waals surface area (Å²) in [6.45, 7) is 0.515. The van der Waals surface area contributed by atoms with Gasteiger partial charge in [0, 0.05) is 17.2 Å². The van der Waals surface area contributed by atoms with E-state index in [1.165, 1.54) is 0 Å². The first kappa shape index (κ1) is 15.2. The summed E-state index contributed by atoms with van der Waals surface area (Å²) in [5, 5.41) is 4.22. The molecule has 1 aromatic heterocycles. The lowest BCUT2D eigenvalue weighted by Gasteiger charge is -2.09. The molecule has 3 nitrogen and oxygen atoms in total. The van der Waals surface area contributed by atoms with Crippen molar-refractivity contribution in [3.63, 3.8) is 0 Å². The van der Waals surface area contributed by atoms with Crippen LogP contribution < -0.4 is 4.74 Å². The van der Waals surface area contributed by atoms with E-state index in [0.717, 1.165) is 33.9 Å². The monoisotopic (exact) mass is 327 g/mol. The van der Waals surface area contributed by atoms with E-state index < -0.39 is 0 Å². The summed E-state index contributed by atoms with van der Waals surface area (Å²) in [5.41, 5.74) is 3.82. The molecule has 0 aliphatic heterocycles. The van der Waals surface area contributed by atoms with Crippen molar-refractivity contribution >= 4 is 0 Å². The Balaban J connectivity index is 1.60. The van der Waals surface area contributed by atoms with Gasteiger partial charge in [0.1, 0.15) is 18.1 Å². The lowest BCUT2D eigenvalue weighted by molar-refractivity contribution is 0.307. The fourth-order valence-corrected chi connectivity index (χ4v) is 2.68. The van der Waals surface area contributed by atoms with Gasteiger partial charge >= 0.3 is 0 Å². The van der Waals surface area contributed by atoms with Crippen molar-refractivity contribution in [1.29, 1.82) is 0 Å². The molecule has 0 N–H and O–H groups in total. The van der Waals surface area contributed by atoms with Gasteiger partial charge in [0.2, 0.25) is 0 Å². The van der Waals surface area contributed by atoms with Gasteiger partial charge in [-0.15, -0.1) is 0 Å². The average Bonchev–Trinajstić information content (AvgIpc) is 3.18. The Bertz CT molecular complexity index is 946. The number of para-hydroxylation sites is 1. The second-order valence-corrected chi connectivity index (χ2v) is 5.71. The molecule has 0 amide bonds. The molecule has 3 aromatic carbocycles. The molecule has 4 aromatic rings. The van der Waals surface area contributed by atoms with Crippen LogP contribution in [0, 0.1) is 0 Å². The van der Waals surface area contributed by atoms with Crippen LogP contribution in [0.3, 0.4) is 0 Å². The Morgan fingerprint density at radius 2 is 1.44 bits per heavy atom. The minimum atomic E-state index is 0.515. The third kappa shape index (κ3) is 3.45. The Kier molecular flexibility index (Phi) is 4.29. The van der Waals surface area contributed by atoms with Gasteiger partial charge < -0.3 is 9.26 Å². The molecule has 3 heteroatoms. The van der Waals surface area contributed by atoms with Gasteiger partial charge in [-0.05, 0) is 17.7 Å². The first-order valence-corrected chi connectivity index (χ1v) is 8.18. The highest BCUT2D eigenvalue weighted by Gasteiger charge is 2.12. The molecule has 0 atom stereocenters. The number of hydrogen-bond donors (Lipinski definition) is 0. The SMILES string of the molecule is c1ccc(COc2ccccc2-c2cc(-c3ccccc3)on2)cc1. The molecule has 4 rings (SSSR count). The molecule has 0 unspecified atom stereocenters. The smallest absolute Gasteiger partial charge is 0.167 e. The zero-order chi connectivity index (χ0) is 16.9. The van der Waals surface area contributed by atoms with Crippen LogP contribution in [-0.4, -0.2) is 5.16 Å². The number of benzene rings is 3. The fourth-order valence-electron chi connectivity index (χ4n) is 2.68. The number of ether oxygens (including phenoxy) is 1. The van der Waals surface area contributed by atoms with Crippen LogP contribution in [-0.2, 0) is 6.61 Å². The minimum Gasteiger partial charge on any atom is -0.488 e. The standard InChI is InChI=1S/C22H17NO2/c1-3-9-17(10-4-1)16-24-21-14-8-7-13-19(21)20-15-22(25-23-20)18-11-5-2-6-12-18/h1-15H,16H2. The molecule has 0 spiro atoms. The van der Waals surface area contributed by atoms with Gasteiger partial charge in [0.05, 0.1) is 0 Å². The lowest BCUT2D eigenvalue weighted by atomic mass is 10.1. The number of hydrogen-bond acceptors (Lipinski definition) is 3. The van der Waals surface area contributed by atoms with Crippen LogP contribution in [0.5, 0.6) is 5.75 Å². The van der Waals surface area contributed by atoms with Crippen LogP contribution in [0.1, 0.15) is 5.56 Å². The molecule has 0 fully saturated rings. The maximum Gasteiger partial charge on any atom is 0.167 e. The minimum absolute atomic E-state index is 0.515. The molecule has 0 saturated carbocycles. The maximum absolute atomic E-state index is 6.01. The van der Waals surface area contributed by atoms with Crippen LogP contribution in [0.2, 0.25) is 0 Å². The highest BCUT2D eigenvalue weighted by atomic mass is 16.5. The highest BCUT2D eigenvalue weighted by Crippen LogP contribution is 2.32. The molecule has 0 radical (unpaired) electrons. The summed E-state index contributed by atoms with van der Waals surface area (Å²) in [7, 11) is 0. The van der Waals surface area contributed by atoms with E-state index in [4.69, 9.17) is 9.26 Å². The molecule has 1 heterocycles. The highest BCUT2D eigenvalue weighted by molar-refractivity contribution is 5.71. The summed E-state index contributed by atoms with van der Waals surface area (Å²) < 4.78 is 11.5. The predicted molar refractivity (Wildman–Crippen MR) is 98.1 cm³/mol. The zero-order valence-electron chi connectivity index (χ0n) is 13.6. The molecular formula is C22H17NO2. The Morgan fingerprint density at radius 1 is 0.760 bits per heavy atom. The maximum atomic E-state index is 6.01. The second kappa shape index (κ2) is 7.05. The first-order valence-electron chi connectivity index (χ1n) is 8.18. The summed E-state index contributed by atoms with van der Waals surface area (Å²) in [5.74, 6) is 1.53. The summed E-state index contributed by atoms with van der Waals surface area (Å²) in [6.07, 6.45) is 0. The molecule has 0 saturated heterocycles. The molecule has 25 heavy (non-hydrogen) atoms. The van der Waals surface area contributed by atoms with E-state index in [-0.39, 0.29) is 0 Å². The number of nitrogens with zero attached hydrogens (tertiary/aromatic N) is 1. The van der Waals surface area contributed by atoms with Gasteiger partial charge in [0.15, 0.2) is 5.76 Å². The summed E-state index contributed by atoms with van der Waals surface area (Å²) in [6, 6.07) is 29.9. The molecule has 0 aliphatic carbocycles. The third-order valence-electron chi connectivity index (χ3n) is 3.97. The molecule has 0 bridgehead atoms. The predicted octanol–water partition coefficient (Wildman–Crippen LogP) is 5.59.